The monoisotopic (exact) mass is 424 g/mol. The topological polar surface area (TPSA) is 62.6 Å². The molecule has 2 heterocycles. The van der Waals surface area contributed by atoms with E-state index in [-0.39, 0.29) is 17.2 Å². The molecular weight excluding hydrogens is 400 g/mol. The van der Waals surface area contributed by atoms with E-state index in [9.17, 15) is 9.59 Å². The number of rotatable bonds is 5. The first-order valence-corrected chi connectivity index (χ1v) is 10.6. The highest BCUT2D eigenvalue weighted by Gasteiger charge is 2.26. The summed E-state index contributed by atoms with van der Waals surface area (Å²) >= 11 is 6.44. The third kappa shape index (κ3) is 4.13. The highest BCUT2D eigenvalue weighted by Crippen LogP contribution is 2.29. The normalized spacial score (nSPS) is 15.4. The van der Waals surface area contributed by atoms with Crippen LogP contribution in [0, 0.1) is 13.8 Å². The zero-order valence-electron chi connectivity index (χ0n) is 17.2. The number of hydrogen-bond acceptors (Lipinski definition) is 4. The van der Waals surface area contributed by atoms with Crippen LogP contribution in [0.15, 0.2) is 51.7 Å². The number of carbonyl (C=O) groups excluding carboxylic acids is 1. The molecular formula is C24H25ClN2O3. The molecule has 1 fully saturated rings. The molecule has 2 aromatic carbocycles. The van der Waals surface area contributed by atoms with Gasteiger partial charge in [0, 0.05) is 17.6 Å². The van der Waals surface area contributed by atoms with Gasteiger partial charge >= 0.3 is 0 Å². The Hall–Kier alpha value is -2.63. The standard InChI is InChI=1S/C24H25ClN2O3/c1-15-11-18-21(28)13-23(30-22(18)12-16(15)2)24(29)26-14-20(27-9-5-6-10-27)17-7-3-4-8-19(17)25/h3-4,7-8,11-13,20H,5-6,9-10,14H2,1-2H3,(H,26,29)/t20-/m1/s1. The average Bonchev–Trinajstić information content (AvgIpc) is 3.25. The van der Waals surface area contributed by atoms with E-state index in [0.29, 0.717) is 22.5 Å². The van der Waals surface area contributed by atoms with E-state index in [1.165, 1.54) is 6.07 Å². The Morgan fingerprint density at radius 2 is 1.83 bits per heavy atom. The SMILES string of the molecule is Cc1cc2oc(C(=O)NC[C@H](c3ccccc3Cl)N3CCCC3)cc(=O)c2cc1C. The highest BCUT2D eigenvalue weighted by molar-refractivity contribution is 6.31. The highest BCUT2D eigenvalue weighted by atomic mass is 35.5. The maximum Gasteiger partial charge on any atom is 0.287 e. The molecule has 1 N–H and O–H groups in total. The largest absolute Gasteiger partial charge is 0.451 e. The molecule has 0 radical (unpaired) electrons. The molecule has 5 nitrogen and oxygen atoms in total. The van der Waals surface area contributed by atoms with Crippen LogP contribution in [0.25, 0.3) is 11.0 Å². The molecule has 1 atom stereocenters. The quantitative estimate of drug-likeness (QED) is 0.648. The number of carbonyl (C=O) groups is 1. The lowest BCUT2D eigenvalue weighted by atomic mass is 10.1. The predicted molar refractivity (Wildman–Crippen MR) is 119 cm³/mol. The summed E-state index contributed by atoms with van der Waals surface area (Å²) in [5, 5.41) is 4.12. The molecule has 0 aliphatic carbocycles. The molecule has 0 unspecified atom stereocenters. The zero-order valence-corrected chi connectivity index (χ0v) is 18.0. The number of nitrogens with one attached hydrogen (secondary N) is 1. The fourth-order valence-corrected chi connectivity index (χ4v) is 4.30. The van der Waals surface area contributed by atoms with Gasteiger partial charge in [-0.25, -0.2) is 0 Å². The minimum Gasteiger partial charge on any atom is -0.451 e. The Morgan fingerprint density at radius 1 is 1.13 bits per heavy atom. The summed E-state index contributed by atoms with van der Waals surface area (Å²) in [6.45, 7) is 6.22. The van der Waals surface area contributed by atoms with Gasteiger partial charge in [-0.15, -0.1) is 0 Å². The molecule has 0 spiro atoms. The van der Waals surface area contributed by atoms with Gasteiger partial charge in [-0.2, -0.15) is 0 Å². The van der Waals surface area contributed by atoms with E-state index in [4.69, 9.17) is 16.0 Å². The van der Waals surface area contributed by atoms with Crippen molar-refractivity contribution in [1.29, 1.82) is 0 Å². The van der Waals surface area contributed by atoms with Gasteiger partial charge in [-0.1, -0.05) is 29.8 Å². The molecule has 0 bridgehead atoms. The van der Waals surface area contributed by atoms with Crippen molar-refractivity contribution < 1.29 is 9.21 Å². The summed E-state index contributed by atoms with van der Waals surface area (Å²) in [5.74, 6) is -0.376. The molecule has 1 aliphatic rings. The van der Waals surface area contributed by atoms with E-state index >= 15 is 0 Å². The maximum atomic E-state index is 12.8. The minimum absolute atomic E-state index is 0.0232. The lowest BCUT2D eigenvalue weighted by Gasteiger charge is -2.28. The minimum atomic E-state index is -0.400. The van der Waals surface area contributed by atoms with Crippen LogP contribution in [0.5, 0.6) is 0 Å². The summed E-state index contributed by atoms with van der Waals surface area (Å²) in [7, 11) is 0. The van der Waals surface area contributed by atoms with Crippen LogP contribution < -0.4 is 10.7 Å². The van der Waals surface area contributed by atoms with Crippen LogP contribution in [-0.4, -0.2) is 30.4 Å². The van der Waals surface area contributed by atoms with Crippen LogP contribution in [-0.2, 0) is 0 Å². The van der Waals surface area contributed by atoms with Crippen LogP contribution in [0.2, 0.25) is 5.02 Å². The van der Waals surface area contributed by atoms with Crippen molar-refractivity contribution >= 4 is 28.5 Å². The van der Waals surface area contributed by atoms with Crippen molar-refractivity contribution in [3.8, 4) is 0 Å². The molecule has 0 saturated carbocycles. The molecule has 6 heteroatoms. The number of amides is 1. The van der Waals surface area contributed by atoms with Crippen LogP contribution in [0.3, 0.4) is 0 Å². The van der Waals surface area contributed by atoms with Gasteiger partial charge in [0.1, 0.15) is 5.58 Å². The summed E-state index contributed by atoms with van der Waals surface area (Å²) in [4.78, 5) is 27.7. The van der Waals surface area contributed by atoms with Crippen molar-refractivity contribution in [2.24, 2.45) is 0 Å². The predicted octanol–water partition coefficient (Wildman–Crippen LogP) is 4.63. The Balaban J connectivity index is 1.58. The van der Waals surface area contributed by atoms with E-state index in [1.54, 1.807) is 12.1 Å². The molecule has 1 amide bonds. The molecule has 1 saturated heterocycles. The second-order valence-corrected chi connectivity index (χ2v) is 8.31. The van der Waals surface area contributed by atoms with Crippen LogP contribution in [0.1, 0.15) is 46.1 Å². The first-order valence-electron chi connectivity index (χ1n) is 10.3. The van der Waals surface area contributed by atoms with Gasteiger partial charge in [-0.3, -0.25) is 14.5 Å². The molecule has 3 aromatic rings. The second kappa shape index (κ2) is 8.62. The second-order valence-electron chi connectivity index (χ2n) is 7.90. The fraction of sp³-hybridized carbons (Fsp3) is 0.333. The Bertz CT molecular complexity index is 1150. The maximum absolute atomic E-state index is 12.8. The third-order valence-corrected chi connectivity index (χ3v) is 6.21. The van der Waals surface area contributed by atoms with Gasteiger partial charge < -0.3 is 9.73 Å². The lowest BCUT2D eigenvalue weighted by molar-refractivity contribution is 0.0910. The van der Waals surface area contributed by atoms with Crippen molar-refractivity contribution in [1.82, 2.24) is 10.2 Å². The van der Waals surface area contributed by atoms with E-state index in [1.807, 2.05) is 38.1 Å². The smallest absolute Gasteiger partial charge is 0.287 e. The number of nitrogens with zero attached hydrogens (tertiary/aromatic N) is 1. The zero-order chi connectivity index (χ0) is 21.3. The van der Waals surface area contributed by atoms with E-state index in [2.05, 4.69) is 10.2 Å². The number of halogens is 1. The molecule has 30 heavy (non-hydrogen) atoms. The molecule has 1 aromatic heterocycles. The summed E-state index contributed by atoms with van der Waals surface area (Å²) in [6, 6.07) is 12.6. The summed E-state index contributed by atoms with van der Waals surface area (Å²) in [6.07, 6.45) is 2.26. The van der Waals surface area contributed by atoms with Crippen LogP contribution >= 0.6 is 11.6 Å². The van der Waals surface area contributed by atoms with Crippen LogP contribution in [0.4, 0.5) is 0 Å². The van der Waals surface area contributed by atoms with Gasteiger partial charge in [-0.05, 0) is 74.7 Å². The van der Waals surface area contributed by atoms with Crippen molar-refractivity contribution in [3.63, 3.8) is 0 Å². The number of fused-ring (bicyclic) bond motifs is 1. The summed E-state index contributed by atoms with van der Waals surface area (Å²) < 4.78 is 5.78. The Kier molecular flexibility index (Phi) is 5.93. The average molecular weight is 425 g/mol. The number of likely N-dealkylation sites (tertiary alicyclic amines) is 1. The van der Waals surface area contributed by atoms with Gasteiger partial charge in [0.05, 0.1) is 11.4 Å². The number of aryl methyl sites for hydroxylation is 2. The van der Waals surface area contributed by atoms with Crippen molar-refractivity contribution in [3.05, 3.63) is 80.2 Å². The number of benzene rings is 2. The first kappa shape index (κ1) is 20.6. The molecule has 1 aliphatic heterocycles. The molecule has 156 valence electrons. The van der Waals surface area contributed by atoms with E-state index in [0.717, 1.165) is 42.6 Å². The Labute approximate surface area is 180 Å². The van der Waals surface area contributed by atoms with Gasteiger partial charge in [0.2, 0.25) is 0 Å². The fourth-order valence-electron chi connectivity index (χ4n) is 4.03. The lowest BCUT2D eigenvalue weighted by Crippen LogP contribution is -2.37. The number of hydrogen-bond donors (Lipinski definition) is 1. The van der Waals surface area contributed by atoms with Gasteiger partial charge in [0.15, 0.2) is 11.2 Å². The van der Waals surface area contributed by atoms with Crippen molar-refractivity contribution in [2.75, 3.05) is 19.6 Å². The Morgan fingerprint density at radius 3 is 2.57 bits per heavy atom. The van der Waals surface area contributed by atoms with Crippen molar-refractivity contribution in [2.45, 2.75) is 32.7 Å². The molecule has 4 rings (SSSR count). The van der Waals surface area contributed by atoms with Gasteiger partial charge in [0.25, 0.3) is 5.91 Å². The third-order valence-electron chi connectivity index (χ3n) is 5.87. The van der Waals surface area contributed by atoms with E-state index < -0.39 is 5.91 Å². The summed E-state index contributed by atoms with van der Waals surface area (Å²) in [5.41, 5.74) is 3.23. The first-order chi connectivity index (χ1) is 14.4.